The van der Waals surface area contributed by atoms with E-state index in [0.717, 1.165) is 12.1 Å². The van der Waals surface area contributed by atoms with Crippen LogP contribution in [0.2, 0.25) is 0 Å². The molecular weight excluding hydrogens is 180 g/mol. The van der Waals surface area contributed by atoms with E-state index in [4.69, 9.17) is 5.11 Å². The molecule has 2 N–H and O–H groups in total. The molecule has 0 aromatic carbocycles. The molecule has 0 fully saturated rings. The molecule has 0 amide bonds. The molecule has 7 heteroatoms. The van der Waals surface area contributed by atoms with E-state index in [-0.39, 0.29) is 0 Å². The minimum atomic E-state index is -1.46. The summed E-state index contributed by atoms with van der Waals surface area (Å²) in [7, 11) is 0. The van der Waals surface area contributed by atoms with Crippen LogP contribution in [0.1, 0.15) is 10.4 Å². The van der Waals surface area contributed by atoms with Gasteiger partial charge in [-0.1, -0.05) is 0 Å². The summed E-state index contributed by atoms with van der Waals surface area (Å²) in [6.45, 7) is 0. The molecule has 1 heterocycles. The number of rotatable bonds is 2. The standard InChI is InChI=1S/C6H4N2O5/c9-4-2-1-3(6(10)11)5(7-4)8(12)13/h1-2H,(H,7,9)(H,10,11). The van der Waals surface area contributed by atoms with Crippen molar-refractivity contribution in [2.45, 2.75) is 0 Å². The predicted molar refractivity (Wildman–Crippen MR) is 40.7 cm³/mol. The van der Waals surface area contributed by atoms with Crippen molar-refractivity contribution >= 4 is 11.8 Å². The molecular formula is C6H4N2O5. The van der Waals surface area contributed by atoms with Gasteiger partial charge in [-0.25, -0.2) is 14.6 Å². The Balaban J connectivity index is 3.44. The van der Waals surface area contributed by atoms with E-state index in [1.165, 1.54) is 0 Å². The Morgan fingerprint density at radius 2 is 2.15 bits per heavy atom. The second-order valence-electron chi connectivity index (χ2n) is 2.15. The maximum absolute atomic E-state index is 10.6. The highest BCUT2D eigenvalue weighted by Gasteiger charge is 2.18. The molecule has 0 saturated heterocycles. The zero-order valence-corrected chi connectivity index (χ0v) is 6.18. The van der Waals surface area contributed by atoms with Gasteiger partial charge < -0.3 is 15.2 Å². The van der Waals surface area contributed by atoms with Crippen LogP contribution in [0, 0.1) is 10.1 Å². The van der Waals surface area contributed by atoms with E-state index in [0.29, 0.717) is 0 Å². The maximum atomic E-state index is 10.6. The molecule has 1 aromatic heterocycles. The van der Waals surface area contributed by atoms with Crippen molar-refractivity contribution in [1.29, 1.82) is 0 Å². The van der Waals surface area contributed by atoms with Crippen LogP contribution in [-0.2, 0) is 0 Å². The minimum Gasteiger partial charge on any atom is -0.477 e. The number of aromatic carboxylic acids is 1. The van der Waals surface area contributed by atoms with Gasteiger partial charge in [-0.15, -0.1) is 0 Å². The summed E-state index contributed by atoms with van der Waals surface area (Å²) in [5.41, 5.74) is -1.25. The Labute approximate surface area is 70.8 Å². The normalized spacial score (nSPS) is 9.54. The first-order valence-corrected chi connectivity index (χ1v) is 3.13. The monoisotopic (exact) mass is 184 g/mol. The Hall–Kier alpha value is -2.18. The van der Waals surface area contributed by atoms with Gasteiger partial charge in [0.1, 0.15) is 0 Å². The van der Waals surface area contributed by atoms with Crippen LogP contribution < -0.4 is 5.56 Å². The number of hydrogen-bond donors (Lipinski definition) is 2. The van der Waals surface area contributed by atoms with Gasteiger partial charge in [-0.2, -0.15) is 0 Å². The SMILES string of the molecule is O=C(O)c1ccc(=O)[nH]c1[N+](=O)[O-]. The Bertz CT molecular complexity index is 421. The molecule has 0 aliphatic carbocycles. The van der Waals surface area contributed by atoms with E-state index in [1.807, 2.05) is 4.98 Å². The van der Waals surface area contributed by atoms with Crippen molar-refractivity contribution < 1.29 is 14.8 Å². The topological polar surface area (TPSA) is 113 Å². The fourth-order valence-electron chi connectivity index (χ4n) is 0.780. The lowest BCUT2D eigenvalue weighted by molar-refractivity contribution is -0.390. The van der Waals surface area contributed by atoms with Crippen LogP contribution in [0.5, 0.6) is 0 Å². The Kier molecular flexibility index (Phi) is 2.09. The van der Waals surface area contributed by atoms with Crippen molar-refractivity contribution in [2.75, 3.05) is 0 Å². The molecule has 1 aromatic rings. The number of nitrogens with zero attached hydrogens (tertiary/aromatic N) is 1. The first-order valence-electron chi connectivity index (χ1n) is 3.13. The van der Waals surface area contributed by atoms with E-state index in [2.05, 4.69) is 0 Å². The summed E-state index contributed by atoms with van der Waals surface area (Å²) in [5.74, 6) is -2.26. The van der Waals surface area contributed by atoms with Gasteiger partial charge in [-0.3, -0.25) is 0 Å². The van der Waals surface area contributed by atoms with Crippen LogP contribution in [0.3, 0.4) is 0 Å². The number of aromatic nitrogens is 1. The summed E-state index contributed by atoms with van der Waals surface area (Å²) in [6, 6.07) is 1.80. The summed E-state index contributed by atoms with van der Waals surface area (Å²) < 4.78 is 0. The highest BCUT2D eigenvalue weighted by atomic mass is 16.6. The first kappa shape index (κ1) is 8.91. The average molecular weight is 184 g/mol. The molecule has 0 spiro atoms. The smallest absolute Gasteiger partial charge is 0.344 e. The van der Waals surface area contributed by atoms with Crippen LogP contribution in [0.4, 0.5) is 5.82 Å². The molecule has 0 atom stereocenters. The number of aromatic amines is 1. The van der Waals surface area contributed by atoms with E-state index < -0.39 is 27.8 Å². The number of pyridine rings is 1. The third-order valence-corrected chi connectivity index (χ3v) is 1.31. The third-order valence-electron chi connectivity index (χ3n) is 1.31. The number of nitro groups is 1. The molecule has 7 nitrogen and oxygen atoms in total. The van der Waals surface area contributed by atoms with Crippen LogP contribution in [-0.4, -0.2) is 21.0 Å². The summed E-state index contributed by atoms with van der Waals surface area (Å²) >= 11 is 0. The number of nitrogens with one attached hydrogen (secondary N) is 1. The van der Waals surface area contributed by atoms with Gasteiger partial charge in [-0.05, 0) is 11.0 Å². The molecule has 13 heavy (non-hydrogen) atoms. The van der Waals surface area contributed by atoms with Crippen LogP contribution in [0.15, 0.2) is 16.9 Å². The number of carboxylic acid groups (broad SMARTS) is 1. The average Bonchev–Trinajstić information content (AvgIpc) is 2.03. The van der Waals surface area contributed by atoms with E-state index in [1.54, 1.807) is 0 Å². The molecule has 0 unspecified atom stereocenters. The fourth-order valence-corrected chi connectivity index (χ4v) is 0.780. The number of H-pyrrole nitrogens is 1. The van der Waals surface area contributed by atoms with Crippen molar-refractivity contribution in [3.05, 3.63) is 38.2 Å². The Morgan fingerprint density at radius 3 is 2.62 bits per heavy atom. The van der Waals surface area contributed by atoms with Crippen molar-refractivity contribution in [2.24, 2.45) is 0 Å². The second-order valence-corrected chi connectivity index (χ2v) is 2.15. The molecule has 0 radical (unpaired) electrons. The van der Waals surface area contributed by atoms with Crippen molar-refractivity contribution in [3.63, 3.8) is 0 Å². The largest absolute Gasteiger partial charge is 0.477 e. The van der Waals surface area contributed by atoms with Crippen molar-refractivity contribution in [1.82, 2.24) is 4.98 Å². The Morgan fingerprint density at radius 1 is 1.54 bits per heavy atom. The zero-order chi connectivity index (χ0) is 10.0. The molecule has 1 rings (SSSR count). The highest BCUT2D eigenvalue weighted by molar-refractivity contribution is 5.91. The highest BCUT2D eigenvalue weighted by Crippen LogP contribution is 2.11. The molecule has 0 aliphatic rings. The zero-order valence-electron chi connectivity index (χ0n) is 6.18. The first-order chi connectivity index (χ1) is 6.02. The van der Waals surface area contributed by atoms with Gasteiger partial charge in [0.05, 0.1) is 0 Å². The quantitative estimate of drug-likeness (QED) is 0.495. The van der Waals surface area contributed by atoms with E-state index in [9.17, 15) is 19.7 Å². The number of carboxylic acids is 1. The van der Waals surface area contributed by atoms with Crippen LogP contribution in [0.25, 0.3) is 0 Å². The van der Waals surface area contributed by atoms with Crippen molar-refractivity contribution in [3.8, 4) is 0 Å². The molecule has 0 saturated carbocycles. The van der Waals surface area contributed by atoms with Gasteiger partial charge in [0.25, 0.3) is 0 Å². The summed E-state index contributed by atoms with van der Waals surface area (Å²) in [4.78, 5) is 32.1. The van der Waals surface area contributed by atoms with Gasteiger partial charge in [0.2, 0.25) is 0 Å². The van der Waals surface area contributed by atoms with Gasteiger partial charge in [0, 0.05) is 6.07 Å². The molecule has 0 aliphatic heterocycles. The van der Waals surface area contributed by atoms with E-state index >= 15 is 0 Å². The van der Waals surface area contributed by atoms with Gasteiger partial charge in [0.15, 0.2) is 5.56 Å². The molecule has 0 bridgehead atoms. The van der Waals surface area contributed by atoms with Gasteiger partial charge >= 0.3 is 17.3 Å². The minimum absolute atomic E-state index is 0.537. The van der Waals surface area contributed by atoms with Crippen LogP contribution >= 0.6 is 0 Å². The summed E-state index contributed by atoms with van der Waals surface area (Å²) in [5, 5.41) is 18.7. The maximum Gasteiger partial charge on any atom is 0.344 e. The number of hydrogen-bond acceptors (Lipinski definition) is 4. The number of carbonyl (C=O) groups is 1. The lowest BCUT2D eigenvalue weighted by Crippen LogP contribution is -2.12. The summed E-state index contributed by atoms with van der Waals surface area (Å²) in [6.07, 6.45) is 0. The lowest BCUT2D eigenvalue weighted by Gasteiger charge is -1.96. The second kappa shape index (κ2) is 3.05. The lowest BCUT2D eigenvalue weighted by atomic mass is 10.2. The predicted octanol–water partition coefficient (Wildman–Crippen LogP) is -0.0187. The third kappa shape index (κ3) is 1.70. The fraction of sp³-hybridized carbons (Fsp3) is 0. The molecule has 68 valence electrons.